The van der Waals surface area contributed by atoms with Gasteiger partial charge in [0.05, 0.1) is 12.8 Å². The molecular weight excluding hydrogens is 472 g/mol. The van der Waals surface area contributed by atoms with Crippen LogP contribution in [0.2, 0.25) is 0 Å². The van der Waals surface area contributed by atoms with Gasteiger partial charge in [-0.2, -0.15) is 4.31 Å². The van der Waals surface area contributed by atoms with E-state index in [2.05, 4.69) is 11.8 Å². The lowest BCUT2D eigenvalue weighted by molar-refractivity contribution is -0.138. The molecule has 0 radical (unpaired) electrons. The van der Waals surface area contributed by atoms with Gasteiger partial charge in [-0.3, -0.25) is 4.79 Å². The number of carboxylic acid groups (broad SMARTS) is 1. The topological polar surface area (TPSA) is 87.1 Å². The van der Waals surface area contributed by atoms with E-state index >= 15 is 0 Å². The van der Waals surface area contributed by atoms with E-state index in [0.717, 1.165) is 24.9 Å². The lowest BCUT2D eigenvalue weighted by Crippen LogP contribution is -2.40. The first kappa shape index (κ1) is 26.4. The number of hydrogen-bond acceptors (Lipinski definition) is 6. The number of fused-ring (bicyclic) bond motifs is 1. The Labute approximate surface area is 207 Å². The third-order valence-corrected chi connectivity index (χ3v) is 9.57. The number of aliphatic carboxylic acids is 1. The Morgan fingerprint density at radius 2 is 1.91 bits per heavy atom. The number of ether oxygens (including phenoxy) is 1. The summed E-state index contributed by atoms with van der Waals surface area (Å²) >= 11 is 1.23. The van der Waals surface area contributed by atoms with Crippen molar-refractivity contribution >= 4 is 39.1 Å². The molecule has 2 aromatic rings. The number of benzene rings is 2. The predicted octanol–water partition coefficient (Wildman–Crippen LogP) is 5.12. The minimum Gasteiger partial charge on any atom is -0.496 e. The SMILES string of the molecule is CCCC[C@H]1CN(c2ccccc2)c2cc(OC)c(CSC(C)(C)C(=O)O)cc2S(=O)(=O)N1C. The summed E-state index contributed by atoms with van der Waals surface area (Å²) in [5, 5.41) is 9.49. The molecule has 0 fully saturated rings. The van der Waals surface area contributed by atoms with E-state index in [9.17, 15) is 18.3 Å². The van der Waals surface area contributed by atoms with E-state index in [1.807, 2.05) is 30.3 Å². The third kappa shape index (κ3) is 5.37. The number of likely N-dealkylation sites (N-methyl/N-ethyl adjacent to an activating group) is 1. The van der Waals surface area contributed by atoms with E-state index in [1.165, 1.54) is 16.1 Å². The molecule has 0 spiro atoms. The monoisotopic (exact) mass is 506 g/mol. The fourth-order valence-electron chi connectivity index (χ4n) is 3.97. The van der Waals surface area contributed by atoms with Crippen LogP contribution in [-0.4, -0.2) is 55.3 Å². The van der Waals surface area contributed by atoms with Crippen LogP contribution in [0.3, 0.4) is 0 Å². The summed E-state index contributed by atoms with van der Waals surface area (Å²) in [6.45, 7) is 5.89. The van der Waals surface area contributed by atoms with E-state index < -0.39 is 20.7 Å². The Morgan fingerprint density at radius 3 is 2.50 bits per heavy atom. The van der Waals surface area contributed by atoms with Crippen molar-refractivity contribution in [2.45, 2.75) is 61.5 Å². The highest BCUT2D eigenvalue weighted by Gasteiger charge is 2.38. The van der Waals surface area contributed by atoms with E-state index in [4.69, 9.17) is 4.74 Å². The third-order valence-electron chi connectivity index (χ3n) is 6.28. The van der Waals surface area contributed by atoms with Gasteiger partial charge in [-0.05, 0) is 38.5 Å². The van der Waals surface area contributed by atoms with Crippen molar-refractivity contribution in [2.24, 2.45) is 0 Å². The minimum absolute atomic E-state index is 0.188. The standard InChI is InChI=1S/C25H34N2O5S2/c1-6-7-11-20-16-27(19-12-9-8-10-13-19)21-15-22(32-5)18(17-33-25(2,3)24(28)29)14-23(21)34(30,31)26(20)4/h8-10,12-15,20H,6-7,11,16-17H2,1-5H3,(H,28,29)/t20-/m0/s1. The second-order valence-electron chi connectivity index (χ2n) is 9.00. The Hall–Kier alpha value is -2.23. The molecule has 1 atom stereocenters. The van der Waals surface area contributed by atoms with Gasteiger partial charge in [-0.25, -0.2) is 8.42 Å². The fourth-order valence-corrected chi connectivity index (χ4v) is 6.44. The predicted molar refractivity (Wildman–Crippen MR) is 138 cm³/mol. The number of nitrogens with zero attached hydrogens (tertiary/aromatic N) is 2. The number of hydrogen-bond donors (Lipinski definition) is 1. The number of carboxylic acids is 1. The quantitative estimate of drug-likeness (QED) is 0.505. The van der Waals surface area contributed by atoms with Crippen molar-refractivity contribution in [2.75, 3.05) is 25.6 Å². The van der Waals surface area contributed by atoms with Gasteiger partial charge in [0.2, 0.25) is 10.0 Å². The van der Waals surface area contributed by atoms with Gasteiger partial charge in [0.15, 0.2) is 0 Å². The first-order valence-electron chi connectivity index (χ1n) is 11.4. The molecular formula is C25H34N2O5S2. The average Bonchev–Trinajstić information content (AvgIpc) is 2.89. The van der Waals surface area contributed by atoms with Crippen LogP contribution < -0.4 is 9.64 Å². The molecule has 0 bridgehead atoms. The Bertz CT molecular complexity index is 1120. The summed E-state index contributed by atoms with van der Waals surface area (Å²) in [6, 6.07) is 13.0. The molecule has 0 unspecified atom stereocenters. The van der Waals surface area contributed by atoms with Crippen LogP contribution in [0.15, 0.2) is 47.4 Å². The molecule has 1 aliphatic rings. The number of carbonyl (C=O) groups is 1. The molecule has 34 heavy (non-hydrogen) atoms. The maximum absolute atomic E-state index is 13.8. The summed E-state index contributed by atoms with van der Waals surface area (Å²) in [4.78, 5) is 13.8. The molecule has 0 saturated heterocycles. The number of unbranched alkanes of at least 4 members (excludes halogenated alkanes) is 1. The average molecular weight is 507 g/mol. The van der Waals surface area contributed by atoms with Crippen molar-refractivity contribution in [1.29, 1.82) is 0 Å². The van der Waals surface area contributed by atoms with Crippen molar-refractivity contribution in [3.8, 4) is 5.75 Å². The zero-order chi connectivity index (χ0) is 25.1. The smallest absolute Gasteiger partial charge is 0.319 e. The van der Waals surface area contributed by atoms with Gasteiger partial charge < -0.3 is 14.7 Å². The normalized spacial score (nSPS) is 18.3. The number of rotatable bonds is 9. The molecule has 0 saturated carbocycles. The van der Waals surface area contributed by atoms with Gasteiger partial charge in [0, 0.05) is 42.7 Å². The highest BCUT2D eigenvalue weighted by molar-refractivity contribution is 8.00. The Morgan fingerprint density at radius 1 is 1.24 bits per heavy atom. The minimum atomic E-state index is -3.78. The second-order valence-corrected chi connectivity index (χ2v) is 12.6. The maximum atomic E-state index is 13.8. The van der Waals surface area contributed by atoms with Crippen LogP contribution in [0.25, 0.3) is 0 Å². The zero-order valence-electron chi connectivity index (χ0n) is 20.4. The molecule has 0 aromatic heterocycles. The summed E-state index contributed by atoms with van der Waals surface area (Å²) in [5.41, 5.74) is 2.13. The van der Waals surface area contributed by atoms with Crippen LogP contribution in [0.5, 0.6) is 5.75 Å². The van der Waals surface area contributed by atoms with E-state index in [1.54, 1.807) is 40.1 Å². The molecule has 0 aliphatic carbocycles. The van der Waals surface area contributed by atoms with Gasteiger partial charge in [-0.15, -0.1) is 11.8 Å². The first-order valence-corrected chi connectivity index (χ1v) is 13.8. The Kier molecular flexibility index (Phi) is 8.21. The highest BCUT2D eigenvalue weighted by atomic mass is 32.2. The molecule has 0 amide bonds. The summed E-state index contributed by atoms with van der Waals surface area (Å²) in [7, 11) is -0.584. The highest BCUT2D eigenvalue weighted by Crippen LogP contribution is 2.43. The summed E-state index contributed by atoms with van der Waals surface area (Å²) < 4.78 is 33.7. The maximum Gasteiger partial charge on any atom is 0.319 e. The Balaban J connectivity index is 2.17. The molecule has 7 nitrogen and oxygen atoms in total. The van der Waals surface area contributed by atoms with E-state index in [0.29, 0.717) is 29.3 Å². The van der Waals surface area contributed by atoms with Crippen LogP contribution >= 0.6 is 11.8 Å². The number of anilines is 2. The van der Waals surface area contributed by atoms with Crippen molar-refractivity contribution in [3.63, 3.8) is 0 Å². The number of methoxy groups -OCH3 is 1. The van der Waals surface area contributed by atoms with Crippen molar-refractivity contribution in [3.05, 3.63) is 48.0 Å². The largest absolute Gasteiger partial charge is 0.496 e. The molecule has 1 aliphatic heterocycles. The fraction of sp³-hybridized carbons (Fsp3) is 0.480. The first-order chi connectivity index (χ1) is 16.0. The van der Waals surface area contributed by atoms with Gasteiger partial charge in [0.25, 0.3) is 0 Å². The molecule has 3 rings (SSSR count). The summed E-state index contributed by atoms with van der Waals surface area (Å²) in [6.07, 6.45) is 2.67. The van der Waals surface area contributed by atoms with Crippen LogP contribution in [0.4, 0.5) is 11.4 Å². The molecule has 2 aromatic carbocycles. The molecule has 9 heteroatoms. The van der Waals surface area contributed by atoms with Gasteiger partial charge >= 0.3 is 5.97 Å². The second kappa shape index (κ2) is 10.6. The zero-order valence-corrected chi connectivity index (χ0v) is 22.1. The summed E-state index contributed by atoms with van der Waals surface area (Å²) in [5.74, 6) is -0.0783. The van der Waals surface area contributed by atoms with E-state index in [-0.39, 0.29) is 10.9 Å². The number of thioether (sulfide) groups is 1. The molecule has 1 heterocycles. The number of para-hydroxylation sites is 1. The van der Waals surface area contributed by atoms with Crippen LogP contribution in [0, 0.1) is 0 Å². The van der Waals surface area contributed by atoms with Gasteiger partial charge in [0.1, 0.15) is 15.4 Å². The lowest BCUT2D eigenvalue weighted by Gasteiger charge is -2.29. The van der Waals surface area contributed by atoms with Crippen molar-refractivity contribution < 1.29 is 23.1 Å². The van der Waals surface area contributed by atoms with Gasteiger partial charge in [-0.1, -0.05) is 38.0 Å². The van der Waals surface area contributed by atoms with Crippen molar-refractivity contribution in [1.82, 2.24) is 4.31 Å². The molecule has 186 valence electrons. The molecule has 1 N–H and O–H groups in total. The van der Waals surface area contributed by atoms with Crippen LogP contribution in [0.1, 0.15) is 45.6 Å². The van der Waals surface area contributed by atoms with Crippen LogP contribution in [-0.2, 0) is 20.6 Å². The lowest BCUT2D eigenvalue weighted by atomic mass is 10.1. The number of sulfonamides is 1.